The molecule has 1 aliphatic rings. The standard InChI is InChI=1S/C20H33N3O3S/c24-12-14-27-17-19(25)21-8-3-1-6-13-26-20-15-18(7-9-22-20)16-23-10-4-2-5-11-23/h7,9,15,24H,1-6,8,10-14,16-17H2,(H,21,25). The second kappa shape index (κ2) is 13.8. The maximum atomic E-state index is 11.5. The van der Waals surface area contributed by atoms with Crippen LogP contribution in [-0.2, 0) is 11.3 Å². The van der Waals surface area contributed by atoms with Crippen LogP contribution in [-0.4, -0.2) is 65.3 Å². The molecule has 0 bridgehead atoms. The number of likely N-dealkylation sites (tertiary alicyclic amines) is 1. The number of aromatic nitrogens is 1. The number of thioether (sulfide) groups is 1. The third-order valence-corrected chi connectivity index (χ3v) is 5.45. The van der Waals surface area contributed by atoms with Gasteiger partial charge >= 0.3 is 0 Å². The Morgan fingerprint density at radius 1 is 1.26 bits per heavy atom. The number of hydrogen-bond donors (Lipinski definition) is 2. The molecule has 27 heavy (non-hydrogen) atoms. The molecule has 1 aromatic rings. The molecule has 0 atom stereocenters. The summed E-state index contributed by atoms with van der Waals surface area (Å²) in [6.07, 6.45) is 8.70. The molecule has 0 aliphatic carbocycles. The second-order valence-electron chi connectivity index (χ2n) is 6.87. The first kappa shape index (κ1) is 22.0. The van der Waals surface area contributed by atoms with Crippen molar-refractivity contribution in [3.63, 3.8) is 0 Å². The molecule has 1 amide bonds. The highest BCUT2D eigenvalue weighted by molar-refractivity contribution is 7.99. The van der Waals surface area contributed by atoms with E-state index >= 15 is 0 Å². The van der Waals surface area contributed by atoms with Gasteiger partial charge in [-0.05, 0) is 56.8 Å². The highest BCUT2D eigenvalue weighted by Gasteiger charge is 2.10. The van der Waals surface area contributed by atoms with Crippen LogP contribution < -0.4 is 10.1 Å². The van der Waals surface area contributed by atoms with Gasteiger partial charge in [-0.3, -0.25) is 9.69 Å². The van der Waals surface area contributed by atoms with Gasteiger partial charge in [-0.2, -0.15) is 0 Å². The fourth-order valence-corrected chi connectivity index (χ4v) is 3.65. The summed E-state index contributed by atoms with van der Waals surface area (Å²) < 4.78 is 5.78. The first-order chi connectivity index (χ1) is 13.3. The third-order valence-electron chi connectivity index (χ3n) is 4.52. The van der Waals surface area contributed by atoms with Crippen LogP contribution in [0.15, 0.2) is 18.3 Å². The summed E-state index contributed by atoms with van der Waals surface area (Å²) in [7, 11) is 0. The van der Waals surface area contributed by atoms with E-state index in [-0.39, 0.29) is 12.5 Å². The van der Waals surface area contributed by atoms with Crippen molar-refractivity contribution in [3.8, 4) is 5.88 Å². The number of rotatable bonds is 13. The van der Waals surface area contributed by atoms with Crippen LogP contribution in [0.3, 0.4) is 0 Å². The number of piperidine rings is 1. The minimum atomic E-state index is 0.0411. The molecule has 2 heterocycles. The minimum Gasteiger partial charge on any atom is -0.478 e. The van der Waals surface area contributed by atoms with Crippen molar-refractivity contribution in [2.75, 3.05) is 44.4 Å². The molecule has 0 spiro atoms. The van der Waals surface area contributed by atoms with Crippen molar-refractivity contribution >= 4 is 17.7 Å². The molecule has 1 fully saturated rings. The fourth-order valence-electron chi connectivity index (χ4n) is 3.09. The summed E-state index contributed by atoms with van der Waals surface area (Å²) in [5.74, 6) is 1.78. The van der Waals surface area contributed by atoms with Gasteiger partial charge in [0, 0.05) is 31.1 Å². The van der Waals surface area contributed by atoms with Crippen LogP contribution in [0.25, 0.3) is 0 Å². The van der Waals surface area contributed by atoms with Gasteiger partial charge in [0.1, 0.15) is 0 Å². The fraction of sp³-hybridized carbons (Fsp3) is 0.700. The highest BCUT2D eigenvalue weighted by Crippen LogP contribution is 2.15. The van der Waals surface area contributed by atoms with Crippen molar-refractivity contribution in [3.05, 3.63) is 23.9 Å². The Morgan fingerprint density at radius 2 is 2.11 bits per heavy atom. The van der Waals surface area contributed by atoms with Crippen molar-refractivity contribution in [2.24, 2.45) is 0 Å². The molecular formula is C20H33N3O3S. The Balaban J connectivity index is 1.52. The number of hydrogen-bond acceptors (Lipinski definition) is 6. The number of unbranched alkanes of at least 4 members (excludes halogenated alkanes) is 2. The number of pyridine rings is 1. The number of carbonyl (C=O) groups excluding carboxylic acids is 1. The number of amides is 1. The lowest BCUT2D eigenvalue weighted by atomic mass is 10.1. The third kappa shape index (κ3) is 9.98. The Hall–Kier alpha value is -1.31. The van der Waals surface area contributed by atoms with Gasteiger partial charge in [0.15, 0.2) is 0 Å². The smallest absolute Gasteiger partial charge is 0.229 e. The second-order valence-corrected chi connectivity index (χ2v) is 7.98. The average Bonchev–Trinajstić information content (AvgIpc) is 2.68. The Labute approximate surface area is 167 Å². The van der Waals surface area contributed by atoms with Crippen molar-refractivity contribution in [2.45, 2.75) is 45.1 Å². The monoisotopic (exact) mass is 395 g/mol. The Morgan fingerprint density at radius 3 is 2.93 bits per heavy atom. The van der Waals surface area contributed by atoms with E-state index in [0.717, 1.165) is 25.8 Å². The molecule has 7 heteroatoms. The Bertz CT molecular complexity index is 539. The summed E-state index contributed by atoms with van der Waals surface area (Å²) in [5, 5.41) is 11.6. The molecule has 0 saturated carbocycles. The van der Waals surface area contributed by atoms with Crippen LogP contribution in [0.5, 0.6) is 5.88 Å². The van der Waals surface area contributed by atoms with E-state index in [1.807, 2.05) is 6.20 Å². The van der Waals surface area contributed by atoms with Crippen molar-refractivity contribution in [1.29, 1.82) is 0 Å². The van der Waals surface area contributed by atoms with Gasteiger partial charge in [0.25, 0.3) is 0 Å². The van der Waals surface area contributed by atoms with E-state index in [1.54, 1.807) is 0 Å². The molecule has 1 aliphatic heterocycles. The number of nitrogens with one attached hydrogen (secondary N) is 1. The van der Waals surface area contributed by atoms with Gasteiger partial charge in [0.05, 0.1) is 19.0 Å². The van der Waals surface area contributed by atoms with Gasteiger partial charge in [-0.15, -0.1) is 11.8 Å². The number of aliphatic hydroxyl groups is 1. The van der Waals surface area contributed by atoms with E-state index in [9.17, 15) is 4.79 Å². The molecule has 0 unspecified atom stereocenters. The van der Waals surface area contributed by atoms with Crippen LogP contribution in [0.2, 0.25) is 0 Å². The number of ether oxygens (including phenoxy) is 1. The van der Waals surface area contributed by atoms with Gasteiger partial charge < -0.3 is 15.2 Å². The predicted octanol–water partition coefficient (Wildman–Crippen LogP) is 2.46. The van der Waals surface area contributed by atoms with E-state index in [2.05, 4.69) is 27.3 Å². The highest BCUT2D eigenvalue weighted by atomic mass is 32.2. The molecule has 0 aromatic carbocycles. The average molecular weight is 396 g/mol. The molecule has 152 valence electrons. The first-order valence-electron chi connectivity index (χ1n) is 10.0. The van der Waals surface area contributed by atoms with E-state index < -0.39 is 0 Å². The molecule has 2 N–H and O–H groups in total. The zero-order valence-corrected chi connectivity index (χ0v) is 17.0. The Kier molecular flexibility index (Phi) is 11.2. The molecule has 6 nitrogen and oxygen atoms in total. The van der Waals surface area contributed by atoms with Crippen molar-refractivity contribution in [1.82, 2.24) is 15.2 Å². The normalized spacial score (nSPS) is 14.9. The SMILES string of the molecule is O=C(CSCCO)NCCCCCOc1cc(CN2CCCCC2)ccn1. The summed E-state index contributed by atoms with van der Waals surface area (Å²) in [4.78, 5) is 18.3. The summed E-state index contributed by atoms with van der Waals surface area (Å²) >= 11 is 1.45. The molecule has 0 radical (unpaired) electrons. The lowest BCUT2D eigenvalue weighted by Gasteiger charge is -2.26. The minimum absolute atomic E-state index is 0.0411. The summed E-state index contributed by atoms with van der Waals surface area (Å²) in [6, 6.07) is 4.13. The lowest BCUT2D eigenvalue weighted by molar-refractivity contribution is -0.118. The van der Waals surface area contributed by atoms with Crippen LogP contribution in [0, 0.1) is 0 Å². The maximum Gasteiger partial charge on any atom is 0.229 e. The predicted molar refractivity (Wildman–Crippen MR) is 110 cm³/mol. The summed E-state index contributed by atoms with van der Waals surface area (Å²) in [6.45, 7) is 4.83. The van der Waals surface area contributed by atoms with E-state index in [0.29, 0.717) is 30.5 Å². The maximum absolute atomic E-state index is 11.5. The first-order valence-corrected chi connectivity index (χ1v) is 11.2. The van der Waals surface area contributed by atoms with Gasteiger partial charge in [0.2, 0.25) is 11.8 Å². The van der Waals surface area contributed by atoms with Gasteiger partial charge in [-0.25, -0.2) is 4.98 Å². The molecular weight excluding hydrogens is 362 g/mol. The van der Waals surface area contributed by atoms with Crippen LogP contribution in [0.1, 0.15) is 44.1 Å². The van der Waals surface area contributed by atoms with Crippen LogP contribution in [0.4, 0.5) is 0 Å². The van der Waals surface area contributed by atoms with Crippen molar-refractivity contribution < 1.29 is 14.6 Å². The number of nitrogens with zero attached hydrogens (tertiary/aromatic N) is 2. The zero-order valence-electron chi connectivity index (χ0n) is 16.2. The topological polar surface area (TPSA) is 74.7 Å². The zero-order chi connectivity index (χ0) is 19.2. The van der Waals surface area contributed by atoms with Gasteiger partial charge in [-0.1, -0.05) is 6.42 Å². The molecule has 1 saturated heterocycles. The number of carbonyl (C=O) groups is 1. The largest absolute Gasteiger partial charge is 0.478 e. The quantitative estimate of drug-likeness (QED) is 0.500. The molecule has 1 aromatic heterocycles. The van der Waals surface area contributed by atoms with E-state index in [4.69, 9.17) is 9.84 Å². The van der Waals surface area contributed by atoms with E-state index in [1.165, 1.54) is 49.7 Å². The molecule has 2 rings (SSSR count). The lowest BCUT2D eigenvalue weighted by Crippen LogP contribution is -2.29. The number of aliphatic hydroxyl groups excluding tert-OH is 1. The van der Waals surface area contributed by atoms with Crippen LogP contribution >= 0.6 is 11.8 Å². The summed E-state index contributed by atoms with van der Waals surface area (Å²) in [5.41, 5.74) is 1.27.